The molecular formula is C11H14O. The van der Waals surface area contributed by atoms with E-state index in [1.165, 1.54) is 11.1 Å². The molecule has 1 nitrogen and oxygen atoms in total. The van der Waals surface area contributed by atoms with E-state index in [4.69, 9.17) is 4.74 Å². The monoisotopic (exact) mass is 162 g/mol. The molecular weight excluding hydrogens is 148 g/mol. The van der Waals surface area contributed by atoms with E-state index in [9.17, 15) is 0 Å². The summed E-state index contributed by atoms with van der Waals surface area (Å²) in [6.07, 6.45) is 2.85. The van der Waals surface area contributed by atoms with Crippen LogP contribution in [-0.4, -0.2) is 7.11 Å². The minimum atomic E-state index is 0.689. The predicted molar refractivity (Wildman–Crippen MR) is 51.1 cm³/mol. The Labute approximate surface area is 73.7 Å². The lowest BCUT2D eigenvalue weighted by Gasteiger charge is -2.00. The molecule has 0 amide bonds. The molecule has 0 fully saturated rings. The highest BCUT2D eigenvalue weighted by molar-refractivity contribution is 5.23. The van der Waals surface area contributed by atoms with Crippen LogP contribution in [0.2, 0.25) is 0 Å². The molecule has 1 aromatic rings. The fourth-order valence-electron chi connectivity index (χ4n) is 1.10. The molecule has 0 atom stereocenters. The van der Waals surface area contributed by atoms with Crippen LogP contribution in [0.15, 0.2) is 36.9 Å². The number of rotatable bonds is 4. The van der Waals surface area contributed by atoms with Crippen molar-refractivity contribution in [2.45, 2.75) is 13.0 Å². The molecule has 0 aliphatic carbocycles. The first-order chi connectivity index (χ1) is 5.86. The molecule has 1 rings (SSSR count). The van der Waals surface area contributed by atoms with Gasteiger partial charge in [0.15, 0.2) is 0 Å². The van der Waals surface area contributed by atoms with Crippen LogP contribution < -0.4 is 0 Å². The third kappa shape index (κ3) is 2.51. The van der Waals surface area contributed by atoms with Crippen molar-refractivity contribution in [3.05, 3.63) is 48.0 Å². The van der Waals surface area contributed by atoms with E-state index >= 15 is 0 Å². The second-order valence-corrected chi connectivity index (χ2v) is 2.74. The maximum Gasteiger partial charge on any atom is 0.0713 e. The third-order valence-corrected chi connectivity index (χ3v) is 1.71. The summed E-state index contributed by atoms with van der Waals surface area (Å²) < 4.78 is 5.01. The van der Waals surface area contributed by atoms with Crippen molar-refractivity contribution in [1.82, 2.24) is 0 Å². The molecule has 1 aromatic carbocycles. The average Bonchev–Trinajstić information content (AvgIpc) is 2.09. The highest BCUT2D eigenvalue weighted by Crippen LogP contribution is 2.05. The van der Waals surface area contributed by atoms with Crippen LogP contribution in [0.5, 0.6) is 0 Å². The van der Waals surface area contributed by atoms with Crippen LogP contribution in [0, 0.1) is 0 Å². The zero-order chi connectivity index (χ0) is 8.81. The van der Waals surface area contributed by atoms with Crippen molar-refractivity contribution >= 4 is 0 Å². The van der Waals surface area contributed by atoms with Crippen LogP contribution in [-0.2, 0) is 17.8 Å². The van der Waals surface area contributed by atoms with Gasteiger partial charge in [-0.3, -0.25) is 0 Å². The number of allylic oxidation sites excluding steroid dienone is 1. The van der Waals surface area contributed by atoms with Crippen molar-refractivity contribution in [2.24, 2.45) is 0 Å². The van der Waals surface area contributed by atoms with E-state index in [1.54, 1.807) is 7.11 Å². The SMILES string of the molecule is C=CCc1ccc(COC)cc1. The molecule has 0 heterocycles. The molecule has 0 N–H and O–H groups in total. The number of methoxy groups -OCH3 is 1. The topological polar surface area (TPSA) is 9.23 Å². The Hall–Kier alpha value is -1.08. The highest BCUT2D eigenvalue weighted by Gasteiger charge is 1.91. The maximum absolute atomic E-state index is 5.01. The molecule has 64 valence electrons. The summed E-state index contributed by atoms with van der Waals surface area (Å²) in [7, 11) is 1.71. The quantitative estimate of drug-likeness (QED) is 0.618. The van der Waals surface area contributed by atoms with Gasteiger partial charge in [0.2, 0.25) is 0 Å². The first-order valence-electron chi connectivity index (χ1n) is 4.04. The Kier molecular flexibility index (Phi) is 3.55. The fraction of sp³-hybridized carbons (Fsp3) is 0.273. The minimum absolute atomic E-state index is 0.689. The first kappa shape index (κ1) is 9.01. The molecule has 0 saturated heterocycles. The maximum atomic E-state index is 5.01. The normalized spacial score (nSPS) is 9.75. The van der Waals surface area contributed by atoms with E-state index < -0.39 is 0 Å². The van der Waals surface area contributed by atoms with Crippen LogP contribution >= 0.6 is 0 Å². The molecule has 0 aliphatic heterocycles. The van der Waals surface area contributed by atoms with Gasteiger partial charge in [-0.2, -0.15) is 0 Å². The number of hydrogen-bond donors (Lipinski definition) is 0. The standard InChI is InChI=1S/C11H14O/c1-3-4-10-5-7-11(8-6-10)9-12-2/h3,5-8H,1,4,9H2,2H3. The number of ether oxygens (including phenoxy) is 1. The Bertz CT molecular complexity index is 236. The summed E-state index contributed by atoms with van der Waals surface area (Å²) >= 11 is 0. The molecule has 1 heteroatoms. The number of hydrogen-bond acceptors (Lipinski definition) is 1. The molecule has 0 aliphatic rings. The van der Waals surface area contributed by atoms with Gasteiger partial charge in [-0.1, -0.05) is 30.3 Å². The number of benzene rings is 1. The van der Waals surface area contributed by atoms with E-state index in [-0.39, 0.29) is 0 Å². The molecule has 0 spiro atoms. The van der Waals surface area contributed by atoms with E-state index in [0.717, 1.165) is 6.42 Å². The van der Waals surface area contributed by atoms with Crippen LogP contribution in [0.3, 0.4) is 0 Å². The summed E-state index contributed by atoms with van der Waals surface area (Å²) in [6.45, 7) is 4.38. The van der Waals surface area contributed by atoms with Gasteiger partial charge in [0.25, 0.3) is 0 Å². The zero-order valence-electron chi connectivity index (χ0n) is 7.42. The fourth-order valence-corrected chi connectivity index (χ4v) is 1.10. The Morgan fingerprint density at radius 2 is 1.83 bits per heavy atom. The second-order valence-electron chi connectivity index (χ2n) is 2.74. The molecule has 0 unspecified atom stereocenters. The first-order valence-corrected chi connectivity index (χ1v) is 4.04. The lowest BCUT2D eigenvalue weighted by atomic mass is 10.1. The van der Waals surface area contributed by atoms with Gasteiger partial charge in [0.05, 0.1) is 6.61 Å². The summed E-state index contributed by atoms with van der Waals surface area (Å²) in [6, 6.07) is 8.39. The summed E-state index contributed by atoms with van der Waals surface area (Å²) in [5.74, 6) is 0. The Morgan fingerprint density at radius 1 is 1.25 bits per heavy atom. The van der Waals surface area contributed by atoms with E-state index in [0.29, 0.717) is 6.61 Å². The van der Waals surface area contributed by atoms with Gasteiger partial charge < -0.3 is 4.74 Å². The lowest BCUT2D eigenvalue weighted by molar-refractivity contribution is 0.185. The largest absolute Gasteiger partial charge is 0.380 e. The summed E-state index contributed by atoms with van der Waals surface area (Å²) in [5.41, 5.74) is 2.51. The minimum Gasteiger partial charge on any atom is -0.380 e. The molecule has 0 radical (unpaired) electrons. The molecule has 0 bridgehead atoms. The third-order valence-electron chi connectivity index (χ3n) is 1.71. The predicted octanol–water partition coefficient (Wildman–Crippen LogP) is 2.56. The van der Waals surface area contributed by atoms with Gasteiger partial charge >= 0.3 is 0 Å². The smallest absolute Gasteiger partial charge is 0.0713 e. The van der Waals surface area contributed by atoms with Crippen molar-refractivity contribution in [1.29, 1.82) is 0 Å². The van der Waals surface area contributed by atoms with E-state index in [1.807, 2.05) is 6.08 Å². The van der Waals surface area contributed by atoms with E-state index in [2.05, 4.69) is 30.8 Å². The van der Waals surface area contributed by atoms with Crippen molar-refractivity contribution < 1.29 is 4.74 Å². The van der Waals surface area contributed by atoms with Crippen molar-refractivity contribution in [3.63, 3.8) is 0 Å². The van der Waals surface area contributed by atoms with Gasteiger partial charge in [-0.05, 0) is 17.5 Å². The zero-order valence-corrected chi connectivity index (χ0v) is 7.42. The molecule has 0 aromatic heterocycles. The molecule has 0 saturated carbocycles. The Balaban J connectivity index is 2.64. The van der Waals surface area contributed by atoms with Crippen molar-refractivity contribution in [2.75, 3.05) is 7.11 Å². The lowest BCUT2D eigenvalue weighted by Crippen LogP contribution is -1.87. The van der Waals surface area contributed by atoms with Crippen LogP contribution in [0.25, 0.3) is 0 Å². The van der Waals surface area contributed by atoms with Gasteiger partial charge in [-0.25, -0.2) is 0 Å². The summed E-state index contributed by atoms with van der Waals surface area (Å²) in [4.78, 5) is 0. The summed E-state index contributed by atoms with van der Waals surface area (Å²) in [5, 5.41) is 0. The van der Waals surface area contributed by atoms with Gasteiger partial charge in [0.1, 0.15) is 0 Å². The van der Waals surface area contributed by atoms with Gasteiger partial charge in [0, 0.05) is 7.11 Å². The Morgan fingerprint density at radius 3 is 2.33 bits per heavy atom. The average molecular weight is 162 g/mol. The van der Waals surface area contributed by atoms with Crippen LogP contribution in [0.1, 0.15) is 11.1 Å². The molecule has 12 heavy (non-hydrogen) atoms. The highest BCUT2D eigenvalue weighted by atomic mass is 16.5. The van der Waals surface area contributed by atoms with Gasteiger partial charge in [-0.15, -0.1) is 6.58 Å². The van der Waals surface area contributed by atoms with Crippen molar-refractivity contribution in [3.8, 4) is 0 Å². The second kappa shape index (κ2) is 4.73. The van der Waals surface area contributed by atoms with Crippen LogP contribution in [0.4, 0.5) is 0 Å².